The molecule has 0 saturated carbocycles. The number of halogens is 1. The molecule has 4 nitrogen and oxygen atoms in total. The van der Waals surface area contributed by atoms with E-state index in [1.54, 1.807) is 0 Å². The zero-order chi connectivity index (χ0) is 20.5. The number of para-hydroxylation sites is 1. The molecule has 0 unspecified atom stereocenters. The highest BCUT2D eigenvalue weighted by Gasteiger charge is 2.26. The van der Waals surface area contributed by atoms with Gasteiger partial charge in [-0.3, -0.25) is 4.79 Å². The van der Waals surface area contributed by atoms with Gasteiger partial charge in [0, 0.05) is 59.4 Å². The Bertz CT molecular complexity index is 1160. The molecule has 0 radical (unpaired) electrons. The van der Waals surface area contributed by atoms with Crippen LogP contribution in [-0.4, -0.2) is 26.9 Å². The summed E-state index contributed by atoms with van der Waals surface area (Å²) >= 11 is 6.08. The number of benzene rings is 2. The lowest BCUT2D eigenvalue weighted by Crippen LogP contribution is -2.36. The quantitative estimate of drug-likeness (QED) is 0.465. The van der Waals surface area contributed by atoms with Gasteiger partial charge in [-0.15, -0.1) is 0 Å². The van der Waals surface area contributed by atoms with Crippen LogP contribution in [0.2, 0.25) is 5.02 Å². The van der Waals surface area contributed by atoms with Gasteiger partial charge in [0.15, 0.2) is 0 Å². The standard InChI is InChI=1S/C25H24ClN3O/c26-20-9-7-18(8-10-20)19(16-28-12-3-4-13-28)15-25(30)29-14-11-22-21-5-1-2-6-23(21)27-24(22)17-29/h1-10,12-13,19,27H,11,14-17H2/t19-/m0/s1. The largest absolute Gasteiger partial charge is 0.357 e. The molecule has 1 aliphatic heterocycles. The minimum atomic E-state index is 0.103. The summed E-state index contributed by atoms with van der Waals surface area (Å²) in [5.41, 5.74) is 4.83. The lowest BCUT2D eigenvalue weighted by atomic mass is 9.94. The number of aromatic amines is 1. The van der Waals surface area contributed by atoms with Crippen molar-refractivity contribution in [2.24, 2.45) is 0 Å². The van der Waals surface area contributed by atoms with E-state index in [-0.39, 0.29) is 11.8 Å². The summed E-state index contributed by atoms with van der Waals surface area (Å²) in [7, 11) is 0. The third-order valence-corrected chi connectivity index (χ3v) is 6.35. The molecular weight excluding hydrogens is 394 g/mol. The Balaban J connectivity index is 1.35. The molecule has 1 aliphatic rings. The molecule has 152 valence electrons. The van der Waals surface area contributed by atoms with E-state index in [4.69, 9.17) is 11.6 Å². The van der Waals surface area contributed by atoms with E-state index in [0.717, 1.165) is 30.6 Å². The van der Waals surface area contributed by atoms with Crippen LogP contribution >= 0.6 is 11.6 Å². The first-order chi connectivity index (χ1) is 14.7. The first-order valence-corrected chi connectivity index (χ1v) is 10.8. The zero-order valence-corrected chi connectivity index (χ0v) is 17.5. The van der Waals surface area contributed by atoms with Crippen LogP contribution in [-0.2, 0) is 24.3 Å². The summed E-state index contributed by atoms with van der Waals surface area (Å²) in [5.74, 6) is 0.303. The molecule has 0 fully saturated rings. The van der Waals surface area contributed by atoms with E-state index in [1.807, 2.05) is 59.8 Å². The van der Waals surface area contributed by atoms with Crippen molar-refractivity contribution < 1.29 is 4.79 Å². The number of H-pyrrole nitrogens is 1. The Morgan fingerprint density at radius 1 is 1.03 bits per heavy atom. The van der Waals surface area contributed by atoms with Crippen LogP contribution in [0.1, 0.15) is 29.2 Å². The molecule has 2 aromatic heterocycles. The second-order valence-electron chi connectivity index (χ2n) is 8.03. The molecule has 0 aliphatic carbocycles. The molecule has 0 saturated heterocycles. The van der Waals surface area contributed by atoms with Gasteiger partial charge >= 0.3 is 0 Å². The van der Waals surface area contributed by atoms with E-state index >= 15 is 0 Å². The van der Waals surface area contributed by atoms with Crippen molar-refractivity contribution in [1.29, 1.82) is 0 Å². The Hall–Kier alpha value is -2.98. The molecule has 5 rings (SSSR count). The van der Waals surface area contributed by atoms with Crippen LogP contribution in [0.25, 0.3) is 10.9 Å². The minimum Gasteiger partial charge on any atom is -0.357 e. The number of hydrogen-bond donors (Lipinski definition) is 1. The summed E-state index contributed by atoms with van der Waals surface area (Å²) in [5, 5.41) is 2.00. The van der Waals surface area contributed by atoms with Gasteiger partial charge in [0.05, 0.1) is 6.54 Å². The van der Waals surface area contributed by atoms with Gasteiger partial charge in [0.1, 0.15) is 0 Å². The fourth-order valence-corrected chi connectivity index (χ4v) is 4.64. The predicted octanol–water partition coefficient (Wildman–Crippen LogP) is 5.38. The van der Waals surface area contributed by atoms with E-state index in [1.165, 1.54) is 16.6 Å². The Morgan fingerprint density at radius 2 is 1.80 bits per heavy atom. The summed E-state index contributed by atoms with van der Waals surface area (Å²) in [6.07, 6.45) is 5.47. The Morgan fingerprint density at radius 3 is 2.60 bits per heavy atom. The molecule has 1 amide bonds. The zero-order valence-electron chi connectivity index (χ0n) is 16.7. The molecule has 5 heteroatoms. The second-order valence-corrected chi connectivity index (χ2v) is 8.46. The lowest BCUT2D eigenvalue weighted by molar-refractivity contribution is -0.132. The van der Waals surface area contributed by atoms with Crippen LogP contribution in [0.4, 0.5) is 0 Å². The monoisotopic (exact) mass is 417 g/mol. The highest BCUT2D eigenvalue weighted by molar-refractivity contribution is 6.30. The van der Waals surface area contributed by atoms with E-state index in [2.05, 4.69) is 27.8 Å². The van der Waals surface area contributed by atoms with Gasteiger partial charge in [0.25, 0.3) is 0 Å². The smallest absolute Gasteiger partial charge is 0.223 e. The molecule has 0 spiro atoms. The summed E-state index contributed by atoms with van der Waals surface area (Å²) in [4.78, 5) is 18.8. The minimum absolute atomic E-state index is 0.103. The molecule has 0 bridgehead atoms. The van der Waals surface area contributed by atoms with Gasteiger partial charge in [-0.05, 0) is 47.9 Å². The third kappa shape index (κ3) is 3.75. The molecule has 30 heavy (non-hydrogen) atoms. The number of hydrogen-bond acceptors (Lipinski definition) is 1. The predicted molar refractivity (Wildman–Crippen MR) is 121 cm³/mol. The summed E-state index contributed by atoms with van der Waals surface area (Å²) in [6, 6.07) is 20.3. The van der Waals surface area contributed by atoms with E-state index in [0.29, 0.717) is 18.0 Å². The summed E-state index contributed by atoms with van der Waals surface area (Å²) < 4.78 is 2.14. The molecule has 2 aromatic carbocycles. The van der Waals surface area contributed by atoms with Crippen LogP contribution in [0.5, 0.6) is 0 Å². The van der Waals surface area contributed by atoms with Gasteiger partial charge < -0.3 is 14.5 Å². The van der Waals surface area contributed by atoms with E-state index < -0.39 is 0 Å². The first kappa shape index (κ1) is 19.0. The maximum atomic E-state index is 13.3. The molecule has 1 N–H and O–H groups in total. The number of aromatic nitrogens is 2. The van der Waals surface area contributed by atoms with Crippen molar-refractivity contribution in [2.45, 2.75) is 31.8 Å². The lowest BCUT2D eigenvalue weighted by Gasteiger charge is -2.29. The van der Waals surface area contributed by atoms with Crippen LogP contribution in [0.15, 0.2) is 73.1 Å². The number of nitrogens with zero attached hydrogens (tertiary/aromatic N) is 2. The molecule has 4 aromatic rings. The van der Waals surface area contributed by atoms with Gasteiger partial charge in [-0.25, -0.2) is 0 Å². The maximum Gasteiger partial charge on any atom is 0.223 e. The average Bonchev–Trinajstić information content (AvgIpc) is 3.40. The highest BCUT2D eigenvalue weighted by Crippen LogP contribution is 2.30. The number of nitrogens with one attached hydrogen (secondary N) is 1. The van der Waals surface area contributed by atoms with Gasteiger partial charge in [0.2, 0.25) is 5.91 Å². The van der Waals surface area contributed by atoms with Crippen molar-refractivity contribution in [2.75, 3.05) is 6.54 Å². The SMILES string of the molecule is O=C(C[C@@H](Cn1cccc1)c1ccc(Cl)cc1)N1CCc2c([nH]c3ccccc23)C1. The van der Waals surface area contributed by atoms with Crippen LogP contribution < -0.4 is 0 Å². The van der Waals surface area contributed by atoms with E-state index in [9.17, 15) is 4.79 Å². The fraction of sp³-hybridized carbons (Fsp3) is 0.240. The van der Waals surface area contributed by atoms with Crippen molar-refractivity contribution in [3.63, 3.8) is 0 Å². The van der Waals surface area contributed by atoms with Crippen LogP contribution in [0, 0.1) is 0 Å². The molecule has 1 atom stereocenters. The van der Waals surface area contributed by atoms with Gasteiger partial charge in [-0.1, -0.05) is 41.9 Å². The normalized spacial score (nSPS) is 14.6. The number of rotatable bonds is 5. The maximum absolute atomic E-state index is 13.3. The number of amides is 1. The summed E-state index contributed by atoms with van der Waals surface area (Å²) in [6.45, 7) is 2.19. The Labute approximate surface area is 181 Å². The third-order valence-electron chi connectivity index (χ3n) is 6.10. The first-order valence-electron chi connectivity index (χ1n) is 10.4. The molecule has 3 heterocycles. The van der Waals surface area contributed by atoms with Crippen molar-refractivity contribution in [3.05, 3.63) is 94.9 Å². The van der Waals surface area contributed by atoms with Crippen LogP contribution in [0.3, 0.4) is 0 Å². The number of carbonyl (C=O) groups is 1. The average molecular weight is 418 g/mol. The van der Waals surface area contributed by atoms with Gasteiger partial charge in [-0.2, -0.15) is 0 Å². The fourth-order valence-electron chi connectivity index (χ4n) is 4.51. The second kappa shape index (κ2) is 8.04. The highest BCUT2D eigenvalue weighted by atomic mass is 35.5. The number of carbonyl (C=O) groups excluding carboxylic acids is 1. The Kier molecular flexibility index (Phi) is 5.09. The number of fused-ring (bicyclic) bond motifs is 3. The topological polar surface area (TPSA) is 41.0 Å². The molecular formula is C25H24ClN3O. The van der Waals surface area contributed by atoms with Crippen molar-refractivity contribution in [3.8, 4) is 0 Å². The van der Waals surface area contributed by atoms with Crippen molar-refractivity contribution >= 4 is 28.4 Å². The van der Waals surface area contributed by atoms with Crippen molar-refractivity contribution in [1.82, 2.24) is 14.5 Å².